The van der Waals surface area contributed by atoms with Crippen LogP contribution in [0.25, 0.3) is 5.70 Å². The van der Waals surface area contributed by atoms with Crippen molar-refractivity contribution in [3.8, 4) is 5.75 Å². The van der Waals surface area contributed by atoms with Crippen LogP contribution in [0.5, 0.6) is 5.75 Å². The highest BCUT2D eigenvalue weighted by Gasteiger charge is 2.06. The van der Waals surface area contributed by atoms with Gasteiger partial charge in [-0.2, -0.15) is 0 Å². The van der Waals surface area contributed by atoms with Crippen molar-refractivity contribution in [2.24, 2.45) is 0 Å². The second kappa shape index (κ2) is 7.31. The van der Waals surface area contributed by atoms with Gasteiger partial charge in [-0.3, -0.25) is 0 Å². The van der Waals surface area contributed by atoms with Crippen LogP contribution in [-0.2, 0) is 9.53 Å². The number of anilines is 1. The smallest absolute Gasteiger partial charge is 0.332 e. The molecule has 0 aromatic heterocycles. The van der Waals surface area contributed by atoms with Crippen LogP contribution in [-0.4, -0.2) is 20.2 Å². The Morgan fingerprint density at radius 2 is 1.64 bits per heavy atom. The van der Waals surface area contributed by atoms with Gasteiger partial charge in [-0.25, -0.2) is 4.79 Å². The van der Waals surface area contributed by atoms with Crippen molar-refractivity contribution in [3.63, 3.8) is 0 Å². The van der Waals surface area contributed by atoms with Crippen molar-refractivity contribution in [3.05, 3.63) is 65.7 Å². The SMILES string of the molecule is COC(=O)/C=C(\Nc1ccc(OC)cc1)c1ccc(C)cc1. The summed E-state index contributed by atoms with van der Waals surface area (Å²) < 4.78 is 9.86. The first-order valence-corrected chi connectivity index (χ1v) is 6.90. The Kier molecular flexibility index (Phi) is 5.20. The summed E-state index contributed by atoms with van der Waals surface area (Å²) >= 11 is 0. The molecule has 0 saturated carbocycles. The highest BCUT2D eigenvalue weighted by molar-refractivity contribution is 5.94. The monoisotopic (exact) mass is 297 g/mol. The molecule has 0 spiro atoms. The van der Waals surface area contributed by atoms with Gasteiger partial charge >= 0.3 is 5.97 Å². The van der Waals surface area contributed by atoms with Gasteiger partial charge in [0.2, 0.25) is 0 Å². The normalized spacial score (nSPS) is 11.0. The van der Waals surface area contributed by atoms with E-state index in [0.717, 1.165) is 22.6 Å². The molecule has 0 radical (unpaired) electrons. The zero-order valence-electron chi connectivity index (χ0n) is 12.9. The van der Waals surface area contributed by atoms with E-state index < -0.39 is 5.97 Å². The first-order valence-electron chi connectivity index (χ1n) is 6.90. The molecule has 0 aliphatic heterocycles. The molecule has 0 fully saturated rings. The highest BCUT2D eigenvalue weighted by Crippen LogP contribution is 2.21. The molecule has 0 amide bonds. The molecule has 2 aromatic carbocycles. The van der Waals surface area contributed by atoms with Gasteiger partial charge in [0.05, 0.1) is 19.9 Å². The maximum atomic E-state index is 11.6. The molecule has 114 valence electrons. The van der Waals surface area contributed by atoms with Crippen molar-refractivity contribution < 1.29 is 14.3 Å². The van der Waals surface area contributed by atoms with E-state index in [0.29, 0.717) is 5.70 Å². The Bertz CT molecular complexity index is 658. The van der Waals surface area contributed by atoms with E-state index >= 15 is 0 Å². The van der Waals surface area contributed by atoms with Crippen LogP contribution < -0.4 is 10.1 Å². The van der Waals surface area contributed by atoms with E-state index in [9.17, 15) is 4.79 Å². The maximum absolute atomic E-state index is 11.6. The van der Waals surface area contributed by atoms with Gasteiger partial charge < -0.3 is 14.8 Å². The summed E-state index contributed by atoms with van der Waals surface area (Å²) in [6, 6.07) is 15.4. The van der Waals surface area contributed by atoms with Crippen LogP contribution in [0.2, 0.25) is 0 Å². The van der Waals surface area contributed by atoms with Crippen molar-refractivity contribution in [1.29, 1.82) is 0 Å². The van der Waals surface area contributed by atoms with Gasteiger partial charge in [0.1, 0.15) is 5.75 Å². The fourth-order valence-electron chi connectivity index (χ4n) is 1.93. The lowest BCUT2D eigenvalue weighted by molar-refractivity contribution is -0.134. The number of methoxy groups -OCH3 is 2. The van der Waals surface area contributed by atoms with Gasteiger partial charge in [-0.1, -0.05) is 29.8 Å². The summed E-state index contributed by atoms with van der Waals surface area (Å²) in [5.74, 6) is 0.371. The molecular formula is C18H19NO3. The molecule has 0 saturated heterocycles. The fraction of sp³-hybridized carbons (Fsp3) is 0.167. The summed E-state index contributed by atoms with van der Waals surface area (Å²) in [6.07, 6.45) is 1.44. The van der Waals surface area contributed by atoms with Gasteiger partial charge in [0.25, 0.3) is 0 Å². The van der Waals surface area contributed by atoms with Crippen LogP contribution in [0.4, 0.5) is 5.69 Å². The lowest BCUT2D eigenvalue weighted by Gasteiger charge is -2.12. The fourth-order valence-corrected chi connectivity index (χ4v) is 1.93. The van der Waals surface area contributed by atoms with Crippen molar-refractivity contribution >= 4 is 17.4 Å². The number of ether oxygens (including phenoxy) is 2. The van der Waals surface area contributed by atoms with Crippen LogP contribution in [0, 0.1) is 6.92 Å². The number of rotatable bonds is 5. The van der Waals surface area contributed by atoms with E-state index in [1.165, 1.54) is 13.2 Å². The molecular weight excluding hydrogens is 278 g/mol. The lowest BCUT2D eigenvalue weighted by atomic mass is 10.1. The molecule has 0 atom stereocenters. The summed E-state index contributed by atoms with van der Waals surface area (Å²) in [5.41, 5.74) is 3.60. The number of carbonyl (C=O) groups is 1. The quantitative estimate of drug-likeness (QED) is 0.676. The average molecular weight is 297 g/mol. The molecule has 4 heteroatoms. The molecule has 1 N–H and O–H groups in total. The molecule has 2 aromatic rings. The average Bonchev–Trinajstić information content (AvgIpc) is 2.55. The zero-order chi connectivity index (χ0) is 15.9. The Morgan fingerprint density at radius 1 is 1.00 bits per heavy atom. The Morgan fingerprint density at radius 3 is 2.18 bits per heavy atom. The highest BCUT2D eigenvalue weighted by atomic mass is 16.5. The summed E-state index contributed by atoms with van der Waals surface area (Å²) in [5, 5.41) is 3.24. The van der Waals surface area contributed by atoms with Crippen molar-refractivity contribution in [2.45, 2.75) is 6.92 Å². The predicted octanol–water partition coefficient (Wildman–Crippen LogP) is 3.63. The second-order valence-corrected chi connectivity index (χ2v) is 4.80. The van der Waals surface area contributed by atoms with E-state index in [2.05, 4.69) is 5.32 Å². The van der Waals surface area contributed by atoms with Crippen molar-refractivity contribution in [1.82, 2.24) is 0 Å². The van der Waals surface area contributed by atoms with Crippen LogP contribution in [0.1, 0.15) is 11.1 Å². The van der Waals surface area contributed by atoms with Crippen LogP contribution in [0.3, 0.4) is 0 Å². The third-order valence-corrected chi connectivity index (χ3v) is 3.19. The molecule has 2 rings (SSSR count). The lowest BCUT2D eigenvalue weighted by Crippen LogP contribution is -2.04. The first kappa shape index (κ1) is 15.6. The summed E-state index contributed by atoms with van der Waals surface area (Å²) in [6.45, 7) is 2.02. The zero-order valence-corrected chi connectivity index (χ0v) is 12.9. The molecule has 0 heterocycles. The van der Waals surface area contributed by atoms with E-state index in [1.54, 1.807) is 7.11 Å². The number of nitrogens with one attached hydrogen (secondary N) is 1. The molecule has 0 aliphatic carbocycles. The number of hydrogen-bond acceptors (Lipinski definition) is 4. The topological polar surface area (TPSA) is 47.6 Å². The minimum Gasteiger partial charge on any atom is -0.497 e. The minimum atomic E-state index is -0.406. The van der Waals surface area contributed by atoms with Crippen molar-refractivity contribution in [2.75, 3.05) is 19.5 Å². The Hall–Kier alpha value is -2.75. The maximum Gasteiger partial charge on any atom is 0.332 e. The number of esters is 1. The van der Waals surface area contributed by atoms with Crippen LogP contribution in [0.15, 0.2) is 54.6 Å². The molecule has 0 bridgehead atoms. The molecule has 0 aliphatic rings. The third kappa shape index (κ3) is 4.12. The molecule has 4 nitrogen and oxygen atoms in total. The minimum absolute atomic E-state index is 0.406. The number of benzene rings is 2. The number of aryl methyl sites for hydroxylation is 1. The van der Waals surface area contributed by atoms with E-state index in [4.69, 9.17) is 9.47 Å². The predicted molar refractivity (Wildman–Crippen MR) is 87.8 cm³/mol. The second-order valence-electron chi connectivity index (χ2n) is 4.80. The number of hydrogen-bond donors (Lipinski definition) is 1. The van der Waals surface area contributed by atoms with E-state index in [1.807, 2.05) is 55.5 Å². The van der Waals surface area contributed by atoms with Gasteiger partial charge in [0.15, 0.2) is 0 Å². The van der Waals surface area contributed by atoms with Gasteiger partial charge in [0, 0.05) is 11.8 Å². The van der Waals surface area contributed by atoms with E-state index in [-0.39, 0.29) is 0 Å². The summed E-state index contributed by atoms with van der Waals surface area (Å²) in [4.78, 5) is 11.6. The molecule has 0 unspecified atom stereocenters. The summed E-state index contributed by atoms with van der Waals surface area (Å²) in [7, 11) is 2.98. The van der Waals surface area contributed by atoms with Gasteiger partial charge in [-0.15, -0.1) is 0 Å². The largest absolute Gasteiger partial charge is 0.497 e. The Balaban J connectivity index is 2.29. The third-order valence-electron chi connectivity index (χ3n) is 3.19. The van der Waals surface area contributed by atoms with Crippen LogP contribution >= 0.6 is 0 Å². The molecule has 22 heavy (non-hydrogen) atoms. The Labute approximate surface area is 130 Å². The number of carbonyl (C=O) groups excluding carboxylic acids is 1. The standard InChI is InChI=1S/C18H19NO3/c1-13-4-6-14(7-5-13)17(12-18(20)22-3)19-15-8-10-16(21-2)11-9-15/h4-12,19H,1-3H3/b17-12-. The first-order chi connectivity index (χ1) is 10.6. The van der Waals surface area contributed by atoms with Gasteiger partial charge in [-0.05, 0) is 36.8 Å².